The molecule has 0 saturated carbocycles. The van der Waals surface area contributed by atoms with Crippen LogP contribution in [0, 0.1) is 0 Å². The summed E-state index contributed by atoms with van der Waals surface area (Å²) in [6.07, 6.45) is -4.66. The van der Waals surface area contributed by atoms with Crippen LogP contribution in [0.5, 0.6) is 0 Å². The predicted octanol–water partition coefficient (Wildman–Crippen LogP) is 3.49. The number of halogens is 3. The molecule has 0 radical (unpaired) electrons. The van der Waals surface area contributed by atoms with Gasteiger partial charge in [-0.15, -0.1) is 0 Å². The Morgan fingerprint density at radius 2 is 1.74 bits per heavy atom. The van der Waals surface area contributed by atoms with E-state index in [1.807, 2.05) is 30.3 Å². The molecule has 0 unspecified atom stereocenters. The van der Waals surface area contributed by atoms with Crippen LogP contribution in [0.4, 0.5) is 13.2 Å². The van der Waals surface area contributed by atoms with Crippen molar-refractivity contribution in [1.29, 1.82) is 0 Å². The van der Waals surface area contributed by atoms with Crippen LogP contribution < -0.4 is 0 Å². The van der Waals surface area contributed by atoms with E-state index in [9.17, 15) is 18.0 Å². The third-order valence-electron chi connectivity index (χ3n) is 2.61. The van der Waals surface area contributed by atoms with Crippen LogP contribution in [0.25, 0.3) is 10.8 Å². The number of rotatable bonds is 3. The number of esters is 1. The molecule has 2 aromatic carbocycles. The lowest BCUT2D eigenvalue weighted by Crippen LogP contribution is -2.21. The summed E-state index contributed by atoms with van der Waals surface area (Å²) in [7, 11) is 0. The van der Waals surface area contributed by atoms with Crippen molar-refractivity contribution in [1.82, 2.24) is 0 Å². The maximum atomic E-state index is 11.9. The van der Waals surface area contributed by atoms with E-state index in [1.165, 1.54) is 0 Å². The molecule has 100 valence electrons. The van der Waals surface area contributed by atoms with Crippen molar-refractivity contribution in [2.45, 2.75) is 12.6 Å². The molecule has 2 aromatic rings. The largest absolute Gasteiger partial charge is 0.456 e. The minimum atomic E-state index is -4.49. The Kier molecular flexibility index (Phi) is 3.74. The highest BCUT2D eigenvalue weighted by Crippen LogP contribution is 2.20. The molecule has 0 saturated heterocycles. The van der Waals surface area contributed by atoms with E-state index in [0.717, 1.165) is 10.8 Å². The first-order chi connectivity index (χ1) is 8.96. The summed E-state index contributed by atoms with van der Waals surface area (Å²) in [6.45, 7) is -1.55. The lowest BCUT2D eigenvalue weighted by atomic mass is 10.0. The van der Waals surface area contributed by atoms with E-state index in [0.29, 0.717) is 5.56 Å². The molecule has 2 rings (SSSR count). The first-order valence-electron chi connectivity index (χ1n) is 5.65. The van der Waals surface area contributed by atoms with Crippen LogP contribution in [-0.2, 0) is 16.0 Å². The molecule has 0 N–H and O–H groups in total. The monoisotopic (exact) mass is 268 g/mol. The minimum Gasteiger partial charge on any atom is -0.456 e. The topological polar surface area (TPSA) is 26.3 Å². The second-order valence-corrected chi connectivity index (χ2v) is 4.09. The van der Waals surface area contributed by atoms with Gasteiger partial charge in [0.1, 0.15) is 0 Å². The van der Waals surface area contributed by atoms with E-state index in [-0.39, 0.29) is 6.42 Å². The van der Waals surface area contributed by atoms with Crippen LogP contribution in [0.1, 0.15) is 5.56 Å². The standard InChI is InChI=1S/C14H11F3O2/c15-14(16,17)9-19-13(18)8-11-6-3-5-10-4-1-2-7-12(10)11/h1-7H,8-9H2. The van der Waals surface area contributed by atoms with E-state index in [1.54, 1.807) is 12.1 Å². The molecule has 0 bridgehead atoms. The number of benzene rings is 2. The number of carbonyl (C=O) groups is 1. The molecule has 0 aromatic heterocycles. The Hall–Kier alpha value is -2.04. The van der Waals surface area contributed by atoms with Crippen molar-refractivity contribution in [2.75, 3.05) is 6.61 Å². The molecular weight excluding hydrogens is 257 g/mol. The lowest BCUT2D eigenvalue weighted by molar-refractivity contribution is -0.185. The number of fused-ring (bicyclic) bond motifs is 1. The fraction of sp³-hybridized carbons (Fsp3) is 0.214. The highest BCUT2D eigenvalue weighted by atomic mass is 19.4. The summed E-state index contributed by atoms with van der Waals surface area (Å²) in [5, 5.41) is 1.78. The van der Waals surface area contributed by atoms with Gasteiger partial charge in [0, 0.05) is 0 Å². The summed E-state index contributed by atoms with van der Waals surface area (Å²) in [6, 6.07) is 12.7. The first-order valence-corrected chi connectivity index (χ1v) is 5.65. The van der Waals surface area contributed by atoms with Crippen molar-refractivity contribution >= 4 is 16.7 Å². The Morgan fingerprint density at radius 1 is 1.05 bits per heavy atom. The Morgan fingerprint density at radius 3 is 2.47 bits per heavy atom. The Balaban J connectivity index is 2.11. The average molecular weight is 268 g/mol. The van der Waals surface area contributed by atoms with Gasteiger partial charge in [-0.2, -0.15) is 13.2 Å². The zero-order valence-electron chi connectivity index (χ0n) is 9.91. The fourth-order valence-electron chi connectivity index (χ4n) is 1.82. The maximum Gasteiger partial charge on any atom is 0.422 e. The van der Waals surface area contributed by atoms with Crippen molar-refractivity contribution in [3.8, 4) is 0 Å². The SMILES string of the molecule is O=C(Cc1cccc2ccccc12)OCC(F)(F)F. The van der Waals surface area contributed by atoms with Crippen molar-refractivity contribution in [2.24, 2.45) is 0 Å². The van der Waals surface area contributed by atoms with Crippen LogP contribution in [0.3, 0.4) is 0 Å². The molecule has 0 atom stereocenters. The number of hydrogen-bond acceptors (Lipinski definition) is 2. The highest BCUT2D eigenvalue weighted by Gasteiger charge is 2.29. The van der Waals surface area contributed by atoms with Gasteiger partial charge >= 0.3 is 12.1 Å². The second kappa shape index (κ2) is 5.30. The van der Waals surface area contributed by atoms with Gasteiger partial charge in [0.25, 0.3) is 0 Å². The number of ether oxygens (including phenoxy) is 1. The summed E-state index contributed by atoms with van der Waals surface area (Å²) >= 11 is 0. The molecular formula is C14H11F3O2. The van der Waals surface area contributed by atoms with Gasteiger partial charge in [-0.25, -0.2) is 0 Å². The molecule has 0 aliphatic heterocycles. The minimum absolute atomic E-state index is 0.169. The normalized spacial score (nSPS) is 11.5. The zero-order chi connectivity index (χ0) is 13.9. The Bertz CT molecular complexity index is 585. The summed E-state index contributed by atoms with van der Waals surface area (Å²) < 4.78 is 40.0. The number of alkyl halides is 3. The van der Waals surface area contributed by atoms with Crippen LogP contribution in [-0.4, -0.2) is 18.8 Å². The smallest absolute Gasteiger partial charge is 0.422 e. The predicted molar refractivity (Wildman–Crippen MR) is 64.7 cm³/mol. The van der Waals surface area contributed by atoms with Crippen LogP contribution in [0.15, 0.2) is 42.5 Å². The molecule has 0 amide bonds. The van der Waals surface area contributed by atoms with Gasteiger partial charge in [0.15, 0.2) is 6.61 Å². The summed E-state index contributed by atoms with van der Waals surface area (Å²) in [5.41, 5.74) is 0.658. The zero-order valence-corrected chi connectivity index (χ0v) is 9.91. The Labute approximate surface area is 107 Å². The molecule has 0 aliphatic carbocycles. The van der Waals surface area contributed by atoms with Gasteiger partial charge in [-0.3, -0.25) is 4.79 Å². The van der Waals surface area contributed by atoms with Gasteiger partial charge in [-0.1, -0.05) is 42.5 Å². The van der Waals surface area contributed by atoms with Gasteiger partial charge in [0.2, 0.25) is 0 Å². The maximum absolute atomic E-state index is 11.9. The summed E-state index contributed by atoms with van der Waals surface area (Å²) in [5.74, 6) is -0.881. The molecule has 2 nitrogen and oxygen atoms in total. The molecule has 0 aliphatic rings. The van der Waals surface area contributed by atoms with E-state index in [2.05, 4.69) is 4.74 Å². The van der Waals surface area contributed by atoms with Gasteiger partial charge in [0.05, 0.1) is 6.42 Å². The third kappa shape index (κ3) is 3.71. The van der Waals surface area contributed by atoms with Crippen molar-refractivity contribution < 1.29 is 22.7 Å². The van der Waals surface area contributed by atoms with Gasteiger partial charge in [-0.05, 0) is 16.3 Å². The molecule has 0 heterocycles. The fourth-order valence-corrected chi connectivity index (χ4v) is 1.82. The highest BCUT2D eigenvalue weighted by molar-refractivity contribution is 5.88. The average Bonchev–Trinajstić information content (AvgIpc) is 2.36. The quantitative estimate of drug-likeness (QED) is 0.796. The number of carbonyl (C=O) groups excluding carboxylic acids is 1. The summed E-state index contributed by atoms with van der Waals surface area (Å²) in [4.78, 5) is 11.4. The van der Waals surface area contributed by atoms with E-state index in [4.69, 9.17) is 0 Å². The molecule has 5 heteroatoms. The molecule has 19 heavy (non-hydrogen) atoms. The van der Waals surface area contributed by atoms with E-state index < -0.39 is 18.8 Å². The lowest BCUT2D eigenvalue weighted by Gasteiger charge is -2.09. The third-order valence-corrected chi connectivity index (χ3v) is 2.61. The second-order valence-electron chi connectivity index (χ2n) is 4.09. The van der Waals surface area contributed by atoms with Crippen LogP contribution in [0.2, 0.25) is 0 Å². The molecule has 0 spiro atoms. The first kappa shape index (κ1) is 13.4. The number of hydrogen-bond donors (Lipinski definition) is 0. The van der Waals surface area contributed by atoms with Crippen molar-refractivity contribution in [3.05, 3.63) is 48.0 Å². The van der Waals surface area contributed by atoms with Gasteiger partial charge < -0.3 is 4.74 Å². The van der Waals surface area contributed by atoms with Crippen molar-refractivity contribution in [3.63, 3.8) is 0 Å². The van der Waals surface area contributed by atoms with E-state index >= 15 is 0 Å². The van der Waals surface area contributed by atoms with Crippen LogP contribution >= 0.6 is 0 Å². The molecule has 0 fully saturated rings.